The van der Waals surface area contributed by atoms with Crippen LogP contribution in [-0.4, -0.2) is 34.4 Å². The Kier molecular flexibility index (Phi) is 6.45. The van der Waals surface area contributed by atoms with E-state index >= 15 is 0 Å². The summed E-state index contributed by atoms with van der Waals surface area (Å²) in [7, 11) is 1.84. The van der Waals surface area contributed by atoms with Crippen LogP contribution in [0.2, 0.25) is 0 Å². The summed E-state index contributed by atoms with van der Waals surface area (Å²) in [5.41, 5.74) is 8.23. The third kappa shape index (κ3) is 4.76. The molecule has 4 saturated carbocycles. The molecule has 4 amide bonds. The molecule has 2 aromatic carbocycles. The predicted molar refractivity (Wildman–Crippen MR) is 151 cm³/mol. The number of benzene rings is 2. The number of amides is 4. The standard InChI is InChI=1S/C30H33N7O3/c1-36(27(39)30-14-19-10-20(15-30)12-21(11-19)16-30)23-6-7-25-24(13-23)34-28(37(25)9-8-26(32)38)35-29(40)33-22-4-2-18(17-31)3-5-22/h2-7,13,19-21H,8-12,14-16H2,1H3,(H2,32,38)(H2,33,34,35,40). The highest BCUT2D eigenvalue weighted by Gasteiger charge is 2.55. The number of hydrogen-bond acceptors (Lipinski definition) is 5. The van der Waals surface area contributed by atoms with Crippen molar-refractivity contribution in [3.8, 4) is 6.07 Å². The monoisotopic (exact) mass is 539 g/mol. The zero-order chi connectivity index (χ0) is 28.0. The maximum atomic E-state index is 13.9. The molecule has 0 aliphatic heterocycles. The lowest BCUT2D eigenvalue weighted by atomic mass is 9.49. The first-order valence-electron chi connectivity index (χ1n) is 13.9. The number of hydrogen-bond donors (Lipinski definition) is 3. The van der Waals surface area contributed by atoms with Crippen LogP contribution in [0.15, 0.2) is 42.5 Å². The number of aryl methyl sites for hydroxylation is 1. The van der Waals surface area contributed by atoms with Gasteiger partial charge < -0.3 is 20.5 Å². The minimum absolute atomic E-state index is 0.0730. The van der Waals surface area contributed by atoms with Crippen molar-refractivity contribution in [3.05, 3.63) is 48.0 Å². The van der Waals surface area contributed by atoms with E-state index in [0.717, 1.165) is 24.9 Å². The van der Waals surface area contributed by atoms with E-state index < -0.39 is 11.9 Å². The van der Waals surface area contributed by atoms with Crippen LogP contribution in [0, 0.1) is 34.5 Å². The van der Waals surface area contributed by atoms with E-state index in [4.69, 9.17) is 11.0 Å². The van der Waals surface area contributed by atoms with Gasteiger partial charge in [0.25, 0.3) is 0 Å². The van der Waals surface area contributed by atoms with Crippen LogP contribution in [0.1, 0.15) is 50.5 Å². The molecule has 4 N–H and O–H groups in total. The Hall–Kier alpha value is -4.39. The van der Waals surface area contributed by atoms with E-state index in [-0.39, 0.29) is 30.2 Å². The number of imidazole rings is 1. The first-order chi connectivity index (χ1) is 19.2. The Morgan fingerprint density at radius 3 is 2.30 bits per heavy atom. The van der Waals surface area contributed by atoms with Crippen LogP contribution in [0.3, 0.4) is 0 Å². The molecule has 0 radical (unpaired) electrons. The molecule has 1 aromatic heterocycles. The summed E-state index contributed by atoms with van der Waals surface area (Å²) >= 11 is 0. The number of anilines is 3. The van der Waals surface area contributed by atoms with Crippen molar-refractivity contribution in [1.29, 1.82) is 5.26 Å². The highest BCUT2D eigenvalue weighted by molar-refractivity contribution is 6.01. The Labute approximate surface area is 232 Å². The van der Waals surface area contributed by atoms with Crippen molar-refractivity contribution < 1.29 is 14.4 Å². The molecule has 10 heteroatoms. The quantitative estimate of drug-likeness (QED) is 0.401. The van der Waals surface area contributed by atoms with Crippen molar-refractivity contribution in [3.63, 3.8) is 0 Å². The maximum Gasteiger partial charge on any atom is 0.326 e. The second kappa shape index (κ2) is 9.97. The minimum atomic E-state index is -0.519. The maximum absolute atomic E-state index is 13.9. The van der Waals surface area contributed by atoms with Gasteiger partial charge in [-0.15, -0.1) is 0 Å². The van der Waals surface area contributed by atoms with Gasteiger partial charge in [-0.1, -0.05) is 0 Å². The van der Waals surface area contributed by atoms with Gasteiger partial charge in [0.1, 0.15) is 0 Å². The number of rotatable bonds is 7. The highest BCUT2D eigenvalue weighted by atomic mass is 16.2. The molecule has 4 aliphatic rings. The van der Waals surface area contributed by atoms with Gasteiger partial charge in [0.15, 0.2) is 0 Å². The largest absolute Gasteiger partial charge is 0.370 e. The third-order valence-corrected chi connectivity index (χ3v) is 8.99. The Balaban J connectivity index is 1.25. The van der Waals surface area contributed by atoms with Gasteiger partial charge >= 0.3 is 6.03 Å². The summed E-state index contributed by atoms with van der Waals surface area (Å²) in [5, 5.41) is 14.5. The van der Waals surface area contributed by atoms with Crippen LogP contribution in [0.4, 0.5) is 22.1 Å². The number of fused-ring (bicyclic) bond motifs is 1. The summed E-state index contributed by atoms with van der Waals surface area (Å²) in [6.45, 7) is 0.236. The van der Waals surface area contributed by atoms with Crippen LogP contribution in [-0.2, 0) is 16.1 Å². The van der Waals surface area contributed by atoms with Crippen molar-refractivity contribution in [2.24, 2.45) is 28.9 Å². The molecule has 4 aliphatic carbocycles. The number of nitrogens with one attached hydrogen (secondary N) is 2. The third-order valence-electron chi connectivity index (χ3n) is 8.99. The lowest BCUT2D eigenvalue weighted by Crippen LogP contribution is -2.54. The number of nitriles is 1. The molecule has 0 atom stereocenters. The Morgan fingerprint density at radius 1 is 1.05 bits per heavy atom. The lowest BCUT2D eigenvalue weighted by molar-refractivity contribution is -0.143. The molecular weight excluding hydrogens is 506 g/mol. The van der Waals surface area contributed by atoms with Crippen molar-refractivity contribution in [2.45, 2.75) is 51.5 Å². The number of aromatic nitrogens is 2. The fourth-order valence-corrected chi connectivity index (χ4v) is 7.61. The molecule has 0 saturated heterocycles. The first kappa shape index (κ1) is 25.9. The molecule has 0 spiro atoms. The van der Waals surface area contributed by atoms with Crippen LogP contribution in [0.25, 0.3) is 11.0 Å². The van der Waals surface area contributed by atoms with Gasteiger partial charge in [-0.3, -0.25) is 14.9 Å². The van der Waals surface area contributed by atoms with Crippen molar-refractivity contribution in [1.82, 2.24) is 9.55 Å². The zero-order valence-corrected chi connectivity index (χ0v) is 22.5. The molecule has 0 unspecified atom stereocenters. The smallest absolute Gasteiger partial charge is 0.326 e. The van der Waals surface area contributed by atoms with E-state index in [0.29, 0.717) is 40.0 Å². The molecule has 3 aromatic rings. The summed E-state index contributed by atoms with van der Waals surface area (Å²) in [4.78, 5) is 44.7. The molecule has 10 nitrogen and oxygen atoms in total. The number of carbonyl (C=O) groups is 3. The number of carbonyl (C=O) groups excluding carboxylic acids is 3. The summed E-state index contributed by atoms with van der Waals surface area (Å²) < 4.78 is 1.74. The van der Waals surface area contributed by atoms with Crippen LogP contribution in [0.5, 0.6) is 0 Å². The SMILES string of the molecule is CN(C(=O)C12CC3CC(CC(C3)C1)C2)c1ccc2c(c1)nc(NC(=O)Nc1ccc(C#N)cc1)n2CCC(N)=O. The second-order valence-corrected chi connectivity index (χ2v) is 11.8. The Morgan fingerprint density at radius 2 is 1.70 bits per heavy atom. The summed E-state index contributed by atoms with van der Waals surface area (Å²) in [6.07, 6.45) is 6.89. The fraction of sp³-hybridized carbons (Fsp3) is 0.433. The predicted octanol–water partition coefficient (Wildman–Crippen LogP) is 4.61. The summed E-state index contributed by atoms with van der Waals surface area (Å²) in [6, 6.07) is 13.6. The number of nitrogens with zero attached hydrogens (tertiary/aromatic N) is 4. The topological polar surface area (TPSA) is 146 Å². The average molecular weight is 540 g/mol. The van der Waals surface area contributed by atoms with Gasteiger partial charge in [-0.25, -0.2) is 9.78 Å². The molecular formula is C30H33N7O3. The van der Waals surface area contributed by atoms with Gasteiger partial charge in [0.05, 0.1) is 28.1 Å². The first-order valence-corrected chi connectivity index (χ1v) is 13.9. The lowest BCUT2D eigenvalue weighted by Gasteiger charge is -2.56. The average Bonchev–Trinajstić information content (AvgIpc) is 3.26. The van der Waals surface area contributed by atoms with Crippen LogP contribution < -0.4 is 21.3 Å². The Bertz CT molecular complexity index is 1500. The molecule has 4 fully saturated rings. The number of urea groups is 1. The molecule has 1 heterocycles. The second-order valence-electron chi connectivity index (χ2n) is 11.8. The molecule has 7 rings (SSSR count). The van der Waals surface area contributed by atoms with Gasteiger partial charge in [-0.2, -0.15) is 5.26 Å². The van der Waals surface area contributed by atoms with Gasteiger partial charge in [0.2, 0.25) is 17.8 Å². The normalized spacial score (nSPS) is 24.4. The van der Waals surface area contributed by atoms with Gasteiger partial charge in [-0.05, 0) is 98.7 Å². The van der Waals surface area contributed by atoms with E-state index in [1.807, 2.05) is 31.3 Å². The molecule has 206 valence electrons. The highest BCUT2D eigenvalue weighted by Crippen LogP contribution is 2.60. The van der Waals surface area contributed by atoms with E-state index in [1.54, 1.807) is 33.7 Å². The molecule has 4 bridgehead atoms. The minimum Gasteiger partial charge on any atom is -0.370 e. The number of nitrogens with two attached hydrogens (primary N) is 1. The molecule has 40 heavy (non-hydrogen) atoms. The van der Waals surface area contributed by atoms with Crippen molar-refractivity contribution >= 4 is 46.2 Å². The summed E-state index contributed by atoms with van der Waals surface area (Å²) in [5.74, 6) is 2.02. The fourth-order valence-electron chi connectivity index (χ4n) is 7.61. The van der Waals surface area contributed by atoms with E-state index in [9.17, 15) is 14.4 Å². The van der Waals surface area contributed by atoms with Gasteiger partial charge in [0, 0.05) is 31.4 Å². The van der Waals surface area contributed by atoms with Crippen molar-refractivity contribution in [2.75, 3.05) is 22.6 Å². The van der Waals surface area contributed by atoms with E-state index in [1.165, 1.54) is 19.3 Å². The van der Waals surface area contributed by atoms with Crippen LogP contribution >= 0.6 is 0 Å². The zero-order valence-electron chi connectivity index (χ0n) is 22.5. The van der Waals surface area contributed by atoms with E-state index in [2.05, 4.69) is 15.6 Å². The number of primary amides is 1.